The number of anilines is 2. The summed E-state index contributed by atoms with van der Waals surface area (Å²) in [5.74, 6) is 0.275. The van der Waals surface area contributed by atoms with Crippen LogP contribution < -0.4 is 14.4 Å². The van der Waals surface area contributed by atoms with Gasteiger partial charge in [-0.15, -0.1) is 0 Å². The van der Waals surface area contributed by atoms with Gasteiger partial charge in [0.15, 0.2) is 11.7 Å². The van der Waals surface area contributed by atoms with Gasteiger partial charge in [0.05, 0.1) is 23.0 Å². The molecule has 30 heavy (non-hydrogen) atoms. The van der Waals surface area contributed by atoms with E-state index in [1.54, 1.807) is 7.11 Å². The van der Waals surface area contributed by atoms with Gasteiger partial charge in [0.1, 0.15) is 17.3 Å². The maximum absolute atomic E-state index is 13.3. The minimum atomic E-state index is -0.366. The Labute approximate surface area is 177 Å². The number of benzene rings is 3. The van der Waals surface area contributed by atoms with E-state index in [4.69, 9.17) is 9.47 Å². The van der Waals surface area contributed by atoms with Crippen molar-refractivity contribution in [2.45, 2.75) is 6.92 Å². The molecule has 1 amide bonds. The SMILES string of the molecule is COc1ccc(C)cc1N(C(=O)COc1ccc(F)cc1)c1nc2ccccc2s1. The highest BCUT2D eigenvalue weighted by atomic mass is 32.1. The zero-order valence-electron chi connectivity index (χ0n) is 16.5. The van der Waals surface area contributed by atoms with Crippen LogP contribution in [0.5, 0.6) is 11.5 Å². The van der Waals surface area contributed by atoms with E-state index in [1.165, 1.54) is 40.5 Å². The first-order chi connectivity index (χ1) is 14.5. The summed E-state index contributed by atoms with van der Waals surface area (Å²) in [7, 11) is 1.56. The van der Waals surface area contributed by atoms with Crippen molar-refractivity contribution < 1.29 is 18.7 Å². The smallest absolute Gasteiger partial charge is 0.271 e. The van der Waals surface area contributed by atoms with Crippen LogP contribution in [0.2, 0.25) is 0 Å². The van der Waals surface area contributed by atoms with Gasteiger partial charge in [-0.1, -0.05) is 29.5 Å². The molecule has 0 atom stereocenters. The molecule has 7 heteroatoms. The third kappa shape index (κ3) is 4.11. The van der Waals surface area contributed by atoms with Crippen LogP contribution in [0, 0.1) is 12.7 Å². The molecule has 1 aromatic heterocycles. The normalized spacial score (nSPS) is 10.8. The first kappa shape index (κ1) is 19.8. The molecule has 0 saturated heterocycles. The fourth-order valence-corrected chi connectivity index (χ4v) is 4.01. The molecule has 0 spiro atoms. The molecule has 152 valence electrons. The second-order valence-electron chi connectivity index (χ2n) is 6.61. The molecule has 1 heterocycles. The Morgan fingerprint density at radius 1 is 1.10 bits per heavy atom. The fourth-order valence-electron chi connectivity index (χ4n) is 3.01. The van der Waals surface area contributed by atoms with Crippen LogP contribution >= 0.6 is 11.3 Å². The summed E-state index contributed by atoms with van der Waals surface area (Å²) in [6, 6.07) is 18.9. The number of aryl methyl sites for hydroxylation is 1. The highest BCUT2D eigenvalue weighted by Gasteiger charge is 2.25. The summed E-state index contributed by atoms with van der Waals surface area (Å²) in [6.07, 6.45) is 0. The third-order valence-electron chi connectivity index (χ3n) is 4.47. The van der Waals surface area contributed by atoms with Gasteiger partial charge in [-0.05, 0) is 61.0 Å². The van der Waals surface area contributed by atoms with E-state index < -0.39 is 0 Å². The van der Waals surface area contributed by atoms with E-state index >= 15 is 0 Å². The van der Waals surface area contributed by atoms with E-state index in [9.17, 15) is 9.18 Å². The molecule has 3 aromatic carbocycles. The Bertz CT molecular complexity index is 1160. The molecule has 4 rings (SSSR count). The Balaban J connectivity index is 1.72. The summed E-state index contributed by atoms with van der Waals surface area (Å²) in [5, 5.41) is 0.521. The lowest BCUT2D eigenvalue weighted by molar-refractivity contribution is -0.119. The predicted molar refractivity (Wildman–Crippen MR) is 116 cm³/mol. The van der Waals surface area contributed by atoms with Crippen LogP contribution in [-0.2, 0) is 4.79 Å². The first-order valence-corrected chi connectivity index (χ1v) is 10.1. The molecule has 0 radical (unpaired) electrons. The van der Waals surface area contributed by atoms with Crippen LogP contribution in [0.3, 0.4) is 0 Å². The van der Waals surface area contributed by atoms with Crippen LogP contribution in [0.1, 0.15) is 5.56 Å². The number of fused-ring (bicyclic) bond motifs is 1. The maximum Gasteiger partial charge on any atom is 0.271 e. The summed E-state index contributed by atoms with van der Waals surface area (Å²) in [5.41, 5.74) is 2.37. The second-order valence-corrected chi connectivity index (χ2v) is 7.62. The van der Waals surface area contributed by atoms with E-state index in [-0.39, 0.29) is 18.3 Å². The summed E-state index contributed by atoms with van der Waals surface area (Å²) in [6.45, 7) is 1.71. The topological polar surface area (TPSA) is 51.7 Å². The molecule has 0 aliphatic rings. The monoisotopic (exact) mass is 422 g/mol. The van der Waals surface area contributed by atoms with Crippen molar-refractivity contribution in [1.29, 1.82) is 0 Å². The number of carbonyl (C=O) groups excluding carboxylic acids is 1. The largest absolute Gasteiger partial charge is 0.495 e. The van der Waals surface area contributed by atoms with Crippen molar-refractivity contribution >= 4 is 38.3 Å². The number of aromatic nitrogens is 1. The number of methoxy groups -OCH3 is 1. The molecular formula is C23H19FN2O3S. The van der Waals surface area contributed by atoms with Gasteiger partial charge < -0.3 is 9.47 Å². The van der Waals surface area contributed by atoms with Gasteiger partial charge in [0.25, 0.3) is 5.91 Å². The minimum absolute atomic E-state index is 0.237. The average molecular weight is 422 g/mol. The van der Waals surface area contributed by atoms with Gasteiger partial charge >= 0.3 is 0 Å². The number of ether oxygens (including phenoxy) is 2. The van der Waals surface area contributed by atoms with Crippen LogP contribution in [0.4, 0.5) is 15.2 Å². The molecule has 0 unspecified atom stereocenters. The first-order valence-electron chi connectivity index (χ1n) is 9.26. The van der Waals surface area contributed by atoms with Crippen molar-refractivity contribution in [2.75, 3.05) is 18.6 Å². The molecule has 4 aromatic rings. The van der Waals surface area contributed by atoms with Crippen molar-refractivity contribution in [3.63, 3.8) is 0 Å². The zero-order chi connectivity index (χ0) is 21.1. The third-order valence-corrected chi connectivity index (χ3v) is 5.50. The zero-order valence-corrected chi connectivity index (χ0v) is 17.3. The average Bonchev–Trinajstić information content (AvgIpc) is 3.17. The second kappa shape index (κ2) is 8.51. The molecule has 5 nitrogen and oxygen atoms in total. The maximum atomic E-state index is 13.3. The molecule has 0 bridgehead atoms. The number of halogens is 1. The molecule has 0 aliphatic heterocycles. The van der Waals surface area contributed by atoms with Crippen molar-refractivity contribution in [1.82, 2.24) is 4.98 Å². The van der Waals surface area contributed by atoms with E-state index in [0.29, 0.717) is 22.3 Å². The predicted octanol–water partition coefficient (Wildman–Crippen LogP) is 5.50. The Morgan fingerprint density at radius 2 is 1.87 bits per heavy atom. The van der Waals surface area contributed by atoms with Gasteiger partial charge in [0.2, 0.25) is 0 Å². The van der Waals surface area contributed by atoms with Gasteiger partial charge in [0, 0.05) is 0 Å². The van der Waals surface area contributed by atoms with Gasteiger partial charge in [-0.25, -0.2) is 14.3 Å². The molecule has 0 saturated carbocycles. The quantitative estimate of drug-likeness (QED) is 0.412. The number of rotatable bonds is 6. The van der Waals surface area contributed by atoms with Crippen molar-refractivity contribution in [3.8, 4) is 11.5 Å². The lowest BCUT2D eigenvalue weighted by atomic mass is 10.2. The van der Waals surface area contributed by atoms with Gasteiger partial charge in [-0.2, -0.15) is 0 Å². The van der Waals surface area contributed by atoms with Crippen LogP contribution in [0.25, 0.3) is 10.2 Å². The minimum Gasteiger partial charge on any atom is -0.495 e. The van der Waals surface area contributed by atoms with E-state index in [1.807, 2.05) is 49.4 Å². The van der Waals surface area contributed by atoms with Crippen LogP contribution in [-0.4, -0.2) is 24.6 Å². The summed E-state index contributed by atoms with van der Waals surface area (Å²) >= 11 is 1.41. The number of thiazole rings is 1. The number of carbonyl (C=O) groups is 1. The van der Waals surface area contributed by atoms with E-state index in [2.05, 4.69) is 4.98 Å². The summed E-state index contributed by atoms with van der Waals surface area (Å²) < 4.78 is 25.2. The van der Waals surface area contributed by atoms with Crippen LogP contribution in [0.15, 0.2) is 66.7 Å². The number of para-hydroxylation sites is 1. The lowest BCUT2D eigenvalue weighted by Gasteiger charge is -2.22. The highest BCUT2D eigenvalue weighted by Crippen LogP contribution is 2.38. The van der Waals surface area contributed by atoms with Crippen molar-refractivity contribution in [2.24, 2.45) is 0 Å². The summed E-state index contributed by atoms with van der Waals surface area (Å²) in [4.78, 5) is 19.4. The Hall–Kier alpha value is -3.45. The fraction of sp³-hybridized carbons (Fsp3) is 0.130. The molecule has 0 fully saturated rings. The Kier molecular flexibility index (Phi) is 5.63. The van der Waals surface area contributed by atoms with E-state index in [0.717, 1.165) is 15.8 Å². The van der Waals surface area contributed by atoms with Gasteiger partial charge in [-0.3, -0.25) is 4.79 Å². The highest BCUT2D eigenvalue weighted by molar-refractivity contribution is 7.22. The standard InChI is InChI=1S/C23H19FN2O3S/c1-15-7-12-20(28-2)19(13-15)26(23-25-18-5-3-4-6-21(18)30-23)22(27)14-29-17-10-8-16(24)9-11-17/h3-13H,14H2,1-2H3. The molecule has 0 N–H and O–H groups in total. The number of nitrogens with zero attached hydrogens (tertiary/aromatic N) is 2. The number of amides is 1. The molecular weight excluding hydrogens is 403 g/mol. The number of hydrogen-bond donors (Lipinski definition) is 0. The molecule has 0 aliphatic carbocycles. The lowest BCUT2D eigenvalue weighted by Crippen LogP contribution is -2.31. The number of hydrogen-bond acceptors (Lipinski definition) is 5. The van der Waals surface area contributed by atoms with Crippen molar-refractivity contribution in [3.05, 3.63) is 78.1 Å². The Morgan fingerprint density at radius 3 is 2.60 bits per heavy atom.